The van der Waals surface area contributed by atoms with Gasteiger partial charge in [0.05, 0.1) is 17.4 Å². The van der Waals surface area contributed by atoms with Crippen LogP contribution < -0.4 is 9.62 Å². The molecule has 6 nitrogen and oxygen atoms in total. The van der Waals surface area contributed by atoms with Crippen molar-refractivity contribution in [3.63, 3.8) is 0 Å². The number of hydrogen-bond donors (Lipinski definition) is 1. The van der Waals surface area contributed by atoms with Gasteiger partial charge in [-0.05, 0) is 48.9 Å². The first kappa shape index (κ1) is 18.6. The van der Waals surface area contributed by atoms with Crippen LogP contribution in [-0.2, 0) is 14.8 Å². The molecular weight excluding hydrogens is 420 g/mol. The van der Waals surface area contributed by atoms with Crippen molar-refractivity contribution in [2.75, 3.05) is 15.4 Å². The number of carbonyl (C=O) groups is 2. The van der Waals surface area contributed by atoms with E-state index in [9.17, 15) is 18.0 Å². The molecule has 1 atom stereocenters. The second-order valence-corrected chi connectivity index (χ2v) is 8.96. The Bertz CT molecular complexity index is 987. The fourth-order valence-electron chi connectivity index (χ4n) is 2.71. The van der Waals surface area contributed by atoms with Crippen molar-refractivity contribution in [1.29, 1.82) is 0 Å². The molecule has 1 N–H and O–H groups in total. The van der Waals surface area contributed by atoms with Crippen LogP contribution in [0, 0.1) is 12.8 Å². The zero-order valence-electron chi connectivity index (χ0n) is 14.2. The number of halogens is 1. The summed E-state index contributed by atoms with van der Waals surface area (Å²) in [7, 11) is -3.65. The minimum absolute atomic E-state index is 0.198. The third-order valence-corrected chi connectivity index (χ3v) is 6.88. The largest absolute Gasteiger partial charge is 0.322 e. The van der Waals surface area contributed by atoms with Gasteiger partial charge in [-0.3, -0.25) is 9.59 Å². The fourth-order valence-corrected chi connectivity index (χ4v) is 4.91. The number of amides is 2. The summed E-state index contributed by atoms with van der Waals surface area (Å²) in [5, 5.41) is 2.78. The summed E-state index contributed by atoms with van der Waals surface area (Å²) < 4.78 is 26.0. The zero-order chi connectivity index (χ0) is 19.1. The first-order chi connectivity index (χ1) is 12.2. The molecule has 2 aromatic rings. The molecule has 0 saturated carbocycles. The molecule has 1 heterocycles. The van der Waals surface area contributed by atoms with Crippen molar-refractivity contribution >= 4 is 49.1 Å². The maximum Gasteiger partial charge on any atom is 0.255 e. The lowest BCUT2D eigenvalue weighted by Gasteiger charge is -2.15. The Labute approximate surface area is 160 Å². The van der Waals surface area contributed by atoms with E-state index in [-0.39, 0.29) is 17.3 Å². The van der Waals surface area contributed by atoms with E-state index in [0.717, 1.165) is 14.3 Å². The monoisotopic (exact) mass is 436 g/mol. The van der Waals surface area contributed by atoms with Gasteiger partial charge in [-0.25, -0.2) is 12.7 Å². The molecule has 3 rings (SSSR count). The van der Waals surface area contributed by atoms with E-state index in [4.69, 9.17) is 0 Å². The van der Waals surface area contributed by atoms with Gasteiger partial charge in [0.2, 0.25) is 15.9 Å². The highest BCUT2D eigenvalue weighted by atomic mass is 79.9. The summed E-state index contributed by atoms with van der Waals surface area (Å²) in [5.74, 6) is -1.54. The van der Waals surface area contributed by atoms with Crippen LogP contribution in [0.15, 0.2) is 46.9 Å². The van der Waals surface area contributed by atoms with Crippen LogP contribution in [0.5, 0.6) is 0 Å². The van der Waals surface area contributed by atoms with Crippen molar-refractivity contribution < 1.29 is 18.0 Å². The minimum Gasteiger partial charge on any atom is -0.322 e. The molecule has 0 aromatic heterocycles. The lowest BCUT2D eigenvalue weighted by Crippen LogP contribution is -2.30. The van der Waals surface area contributed by atoms with Crippen LogP contribution in [0.4, 0.5) is 11.4 Å². The molecule has 1 saturated heterocycles. The topological polar surface area (TPSA) is 83.6 Å². The minimum atomic E-state index is -3.65. The smallest absolute Gasteiger partial charge is 0.255 e. The van der Waals surface area contributed by atoms with Crippen LogP contribution in [0.25, 0.3) is 0 Å². The number of aryl methyl sites for hydroxylation is 1. The van der Waals surface area contributed by atoms with Gasteiger partial charge in [0.25, 0.3) is 5.91 Å². The van der Waals surface area contributed by atoms with Crippen molar-refractivity contribution in [3.05, 3.63) is 58.1 Å². The Balaban J connectivity index is 1.80. The molecule has 26 heavy (non-hydrogen) atoms. The summed E-state index contributed by atoms with van der Waals surface area (Å²) in [6.07, 6.45) is 0. The SMILES string of the molecule is Cc1ccc(NC(=O)c2ccc(N3C(=O)[C@@H](C)CS3(=O)=O)cc2)cc1Br. The predicted octanol–water partition coefficient (Wildman–Crippen LogP) is 3.32. The van der Waals surface area contributed by atoms with Crippen molar-refractivity contribution in [3.8, 4) is 0 Å². The number of nitrogens with zero attached hydrogens (tertiary/aromatic N) is 1. The molecule has 0 unspecified atom stereocenters. The third kappa shape index (κ3) is 3.52. The molecule has 0 spiro atoms. The van der Waals surface area contributed by atoms with Crippen LogP contribution >= 0.6 is 15.9 Å². The molecule has 1 fully saturated rings. The standard InChI is InChI=1S/C18H17BrN2O4S/c1-11-3-6-14(9-16(11)19)20-17(22)13-4-7-15(8-5-13)21-18(23)12(2)10-26(21,24)25/h3-9,12H,10H2,1-2H3,(H,20,22)/t12-/m0/s1. The fraction of sp³-hybridized carbons (Fsp3) is 0.222. The molecule has 0 aliphatic carbocycles. The summed E-state index contributed by atoms with van der Waals surface area (Å²) in [6.45, 7) is 3.53. The molecule has 1 aliphatic heterocycles. The first-order valence-electron chi connectivity index (χ1n) is 7.93. The number of rotatable bonds is 3. The van der Waals surface area contributed by atoms with Gasteiger partial charge < -0.3 is 5.32 Å². The lowest BCUT2D eigenvalue weighted by molar-refractivity contribution is -0.119. The van der Waals surface area contributed by atoms with Gasteiger partial charge >= 0.3 is 0 Å². The summed E-state index contributed by atoms with van der Waals surface area (Å²) in [5.41, 5.74) is 2.30. The molecule has 136 valence electrons. The normalized spacial score (nSPS) is 18.8. The predicted molar refractivity (Wildman–Crippen MR) is 104 cm³/mol. The van der Waals surface area contributed by atoms with Gasteiger partial charge in [0, 0.05) is 15.7 Å². The first-order valence-corrected chi connectivity index (χ1v) is 10.3. The van der Waals surface area contributed by atoms with Crippen LogP contribution in [0.1, 0.15) is 22.8 Å². The summed E-state index contributed by atoms with van der Waals surface area (Å²) in [6, 6.07) is 11.4. The number of carbonyl (C=O) groups excluding carboxylic acids is 2. The van der Waals surface area contributed by atoms with E-state index in [1.54, 1.807) is 19.1 Å². The average Bonchev–Trinajstić information content (AvgIpc) is 2.78. The van der Waals surface area contributed by atoms with E-state index in [2.05, 4.69) is 21.2 Å². The third-order valence-electron chi connectivity index (χ3n) is 4.15. The highest BCUT2D eigenvalue weighted by Gasteiger charge is 2.41. The number of nitrogens with one attached hydrogen (secondary N) is 1. The van der Waals surface area contributed by atoms with Crippen LogP contribution in [-0.4, -0.2) is 26.0 Å². The maximum absolute atomic E-state index is 12.4. The number of hydrogen-bond acceptors (Lipinski definition) is 4. The number of benzene rings is 2. The Hall–Kier alpha value is -2.19. The average molecular weight is 437 g/mol. The molecule has 0 bridgehead atoms. The van der Waals surface area contributed by atoms with E-state index < -0.39 is 21.8 Å². The summed E-state index contributed by atoms with van der Waals surface area (Å²) in [4.78, 5) is 24.5. The maximum atomic E-state index is 12.4. The van der Waals surface area contributed by atoms with E-state index >= 15 is 0 Å². The molecule has 8 heteroatoms. The molecule has 0 radical (unpaired) electrons. The second kappa shape index (κ2) is 6.85. The Morgan fingerprint density at radius 3 is 2.38 bits per heavy atom. The Morgan fingerprint density at radius 2 is 1.85 bits per heavy atom. The van der Waals surface area contributed by atoms with E-state index in [0.29, 0.717) is 11.3 Å². The Kier molecular flexibility index (Phi) is 4.90. The van der Waals surface area contributed by atoms with Gasteiger partial charge in [-0.1, -0.05) is 28.9 Å². The second-order valence-electron chi connectivity index (χ2n) is 6.25. The quantitative estimate of drug-likeness (QED) is 0.799. The van der Waals surface area contributed by atoms with Gasteiger partial charge in [0.1, 0.15) is 0 Å². The highest BCUT2D eigenvalue weighted by molar-refractivity contribution is 9.10. The number of anilines is 2. The Morgan fingerprint density at radius 1 is 1.19 bits per heavy atom. The van der Waals surface area contributed by atoms with E-state index in [1.807, 2.05) is 13.0 Å². The molecule has 2 aromatic carbocycles. The van der Waals surface area contributed by atoms with Gasteiger partial charge in [-0.2, -0.15) is 0 Å². The van der Waals surface area contributed by atoms with Gasteiger partial charge in [0.15, 0.2) is 0 Å². The zero-order valence-corrected chi connectivity index (χ0v) is 16.6. The highest BCUT2D eigenvalue weighted by Crippen LogP contribution is 2.28. The van der Waals surface area contributed by atoms with Crippen molar-refractivity contribution in [1.82, 2.24) is 0 Å². The molecular formula is C18H17BrN2O4S. The molecule has 1 aliphatic rings. The lowest BCUT2D eigenvalue weighted by atomic mass is 10.1. The number of sulfonamides is 1. The molecule has 2 amide bonds. The summed E-state index contributed by atoms with van der Waals surface area (Å²) >= 11 is 3.41. The van der Waals surface area contributed by atoms with Gasteiger partial charge in [-0.15, -0.1) is 0 Å². The van der Waals surface area contributed by atoms with Crippen molar-refractivity contribution in [2.45, 2.75) is 13.8 Å². The van der Waals surface area contributed by atoms with Crippen LogP contribution in [0.2, 0.25) is 0 Å². The van der Waals surface area contributed by atoms with Crippen molar-refractivity contribution in [2.24, 2.45) is 5.92 Å². The van der Waals surface area contributed by atoms with E-state index in [1.165, 1.54) is 24.3 Å². The van der Waals surface area contributed by atoms with Crippen LogP contribution in [0.3, 0.4) is 0 Å².